The third-order valence-electron chi connectivity index (χ3n) is 7.00. The fourth-order valence-corrected chi connectivity index (χ4v) is 5.99. The van der Waals surface area contributed by atoms with E-state index in [9.17, 15) is 13.2 Å². The Hall–Kier alpha value is -1.65. The topological polar surface area (TPSA) is 51.2 Å². The number of sulfone groups is 1. The van der Waals surface area contributed by atoms with E-state index in [2.05, 4.69) is 26.0 Å². The van der Waals surface area contributed by atoms with Gasteiger partial charge >= 0.3 is 0 Å². The molecule has 0 saturated heterocycles. The molecule has 1 aliphatic carbocycles. The lowest BCUT2D eigenvalue weighted by molar-refractivity contribution is 0.0814. The molecule has 0 bridgehead atoms. The van der Waals surface area contributed by atoms with E-state index < -0.39 is 15.1 Å². The van der Waals surface area contributed by atoms with Gasteiger partial charge in [-0.25, -0.2) is 8.42 Å². The molecule has 0 spiro atoms. The van der Waals surface area contributed by atoms with Gasteiger partial charge in [0.1, 0.15) is 0 Å². The fourth-order valence-electron chi connectivity index (χ4n) is 4.87. The molecule has 0 N–H and O–H groups in total. The Morgan fingerprint density at radius 1 is 0.969 bits per heavy atom. The van der Waals surface area contributed by atoms with Crippen LogP contribution in [0.4, 0.5) is 0 Å². The van der Waals surface area contributed by atoms with Gasteiger partial charge in [0.25, 0.3) is 0 Å². The van der Waals surface area contributed by atoms with Gasteiger partial charge in [-0.2, -0.15) is 0 Å². The van der Waals surface area contributed by atoms with Gasteiger partial charge in [0, 0.05) is 17.0 Å². The van der Waals surface area contributed by atoms with E-state index in [1.807, 2.05) is 12.1 Å². The number of carbonyl (C=O) groups excluding carboxylic acids is 1. The summed E-state index contributed by atoms with van der Waals surface area (Å²) in [5, 5.41) is 0.325. The Bertz CT molecular complexity index is 1020. The van der Waals surface area contributed by atoms with Gasteiger partial charge in [0.2, 0.25) is 0 Å². The van der Waals surface area contributed by atoms with Gasteiger partial charge < -0.3 is 0 Å². The van der Waals surface area contributed by atoms with Crippen LogP contribution in [0.25, 0.3) is 0 Å². The summed E-state index contributed by atoms with van der Waals surface area (Å²) in [6.45, 7) is 7.82. The zero-order valence-electron chi connectivity index (χ0n) is 19.6. The van der Waals surface area contributed by atoms with Crippen LogP contribution in [0.3, 0.4) is 0 Å². The van der Waals surface area contributed by atoms with E-state index in [1.54, 1.807) is 38.1 Å². The Kier molecular flexibility index (Phi) is 7.88. The highest BCUT2D eigenvalue weighted by molar-refractivity contribution is 7.91. The Balaban J connectivity index is 1.80. The average Bonchev–Trinajstić information content (AvgIpc) is 2.68. The van der Waals surface area contributed by atoms with Gasteiger partial charge in [0.05, 0.1) is 11.0 Å². The number of halogens is 1. The molecule has 174 valence electrons. The van der Waals surface area contributed by atoms with E-state index in [0.29, 0.717) is 17.9 Å². The molecule has 1 aliphatic rings. The highest BCUT2D eigenvalue weighted by atomic mass is 35.5. The predicted molar refractivity (Wildman–Crippen MR) is 133 cm³/mol. The van der Waals surface area contributed by atoms with Gasteiger partial charge in [-0.15, -0.1) is 0 Å². The van der Waals surface area contributed by atoms with E-state index >= 15 is 0 Å². The van der Waals surface area contributed by atoms with Crippen LogP contribution in [-0.2, 0) is 21.0 Å². The van der Waals surface area contributed by atoms with E-state index in [-0.39, 0.29) is 22.9 Å². The molecule has 1 atom stereocenters. The van der Waals surface area contributed by atoms with E-state index in [4.69, 9.17) is 11.6 Å². The fraction of sp³-hybridized carbons (Fsp3) is 0.519. The van der Waals surface area contributed by atoms with Gasteiger partial charge in [-0.05, 0) is 73.6 Å². The van der Waals surface area contributed by atoms with E-state index in [1.165, 1.54) is 12.0 Å². The molecular weight excluding hydrogens is 440 g/mol. The standard InChI is InChI=1S/C27H35ClO3S/c1-19(2)16-24(27(14-5-15-27)23-10-12-25(28)13-11-23)17-26(29)22-8-6-21(7-9-22)18-32(30,31)20(3)4/h6-13,19-20,24H,5,14-18H2,1-4H3. The molecule has 3 nitrogen and oxygen atoms in total. The summed E-state index contributed by atoms with van der Waals surface area (Å²) in [4.78, 5) is 13.3. The minimum absolute atomic E-state index is 0.00872. The molecule has 0 radical (unpaired) electrons. The van der Waals surface area contributed by atoms with Crippen molar-refractivity contribution in [2.24, 2.45) is 11.8 Å². The molecule has 0 amide bonds. The van der Waals surface area contributed by atoms with Crippen molar-refractivity contribution in [1.29, 1.82) is 0 Å². The Morgan fingerprint density at radius 3 is 2.03 bits per heavy atom. The maximum absolute atomic E-state index is 13.3. The van der Waals surface area contributed by atoms with Crippen molar-refractivity contribution in [3.05, 3.63) is 70.2 Å². The number of hydrogen-bond donors (Lipinski definition) is 0. The van der Waals surface area contributed by atoms with E-state index in [0.717, 1.165) is 29.8 Å². The minimum atomic E-state index is -3.16. The Labute approximate surface area is 198 Å². The van der Waals surface area contributed by atoms with Crippen LogP contribution in [0.1, 0.15) is 81.3 Å². The monoisotopic (exact) mass is 474 g/mol. The lowest BCUT2D eigenvalue weighted by atomic mass is 9.55. The lowest BCUT2D eigenvalue weighted by Gasteiger charge is -2.49. The summed E-state index contributed by atoms with van der Waals surface area (Å²) in [5.74, 6) is 0.913. The van der Waals surface area contributed by atoms with Crippen molar-refractivity contribution in [1.82, 2.24) is 0 Å². The van der Waals surface area contributed by atoms with Crippen LogP contribution in [0.2, 0.25) is 5.02 Å². The molecule has 2 aromatic carbocycles. The van der Waals surface area contributed by atoms with Gasteiger partial charge in [0.15, 0.2) is 15.6 Å². The average molecular weight is 475 g/mol. The number of carbonyl (C=O) groups is 1. The number of Topliss-reactive ketones (excluding diaryl/α,β-unsaturated/α-hetero) is 1. The summed E-state index contributed by atoms with van der Waals surface area (Å²) in [6.07, 6.45) is 4.89. The number of hydrogen-bond acceptors (Lipinski definition) is 3. The van der Waals surface area contributed by atoms with Crippen LogP contribution >= 0.6 is 11.6 Å². The van der Waals surface area contributed by atoms with Gasteiger partial charge in [-0.1, -0.05) is 68.3 Å². The third-order valence-corrected chi connectivity index (χ3v) is 9.42. The largest absolute Gasteiger partial charge is 0.294 e. The normalized spacial score (nSPS) is 16.7. The number of rotatable bonds is 10. The maximum atomic E-state index is 13.3. The third kappa shape index (κ3) is 5.63. The van der Waals surface area contributed by atoms with Crippen molar-refractivity contribution in [2.45, 2.75) is 76.2 Å². The van der Waals surface area contributed by atoms with Crippen molar-refractivity contribution in [2.75, 3.05) is 0 Å². The van der Waals surface area contributed by atoms with Crippen LogP contribution in [-0.4, -0.2) is 19.5 Å². The van der Waals surface area contributed by atoms with Crippen LogP contribution < -0.4 is 0 Å². The Morgan fingerprint density at radius 2 is 1.56 bits per heavy atom. The molecule has 1 saturated carbocycles. The van der Waals surface area contributed by atoms with Crippen molar-refractivity contribution >= 4 is 27.2 Å². The quantitative estimate of drug-likeness (QED) is 0.347. The zero-order chi connectivity index (χ0) is 23.5. The molecule has 3 rings (SSSR count). The lowest BCUT2D eigenvalue weighted by Crippen LogP contribution is -2.43. The summed E-state index contributed by atoms with van der Waals surface area (Å²) in [6, 6.07) is 15.3. The number of ketones is 1. The second-order valence-corrected chi connectivity index (χ2v) is 13.0. The summed E-state index contributed by atoms with van der Waals surface area (Å²) < 4.78 is 24.4. The molecule has 2 aromatic rings. The molecule has 0 aromatic heterocycles. The predicted octanol–water partition coefficient (Wildman–Crippen LogP) is 7.02. The molecule has 0 aliphatic heterocycles. The molecule has 32 heavy (non-hydrogen) atoms. The van der Waals surface area contributed by atoms with Crippen molar-refractivity contribution in [3.8, 4) is 0 Å². The highest BCUT2D eigenvalue weighted by Crippen LogP contribution is 2.52. The number of benzene rings is 2. The smallest absolute Gasteiger partial charge is 0.163 e. The first-order valence-electron chi connectivity index (χ1n) is 11.6. The highest BCUT2D eigenvalue weighted by Gasteiger charge is 2.45. The first kappa shape index (κ1) is 25.0. The SMILES string of the molecule is CC(C)CC(CC(=O)c1ccc(CS(=O)(=O)C(C)C)cc1)C1(c2ccc(Cl)cc2)CCC1. The second-order valence-electron chi connectivity index (χ2n) is 10.0. The van der Waals surface area contributed by atoms with Crippen molar-refractivity contribution in [3.63, 3.8) is 0 Å². The second kappa shape index (κ2) is 10.1. The molecule has 5 heteroatoms. The zero-order valence-corrected chi connectivity index (χ0v) is 21.2. The van der Waals surface area contributed by atoms with Crippen LogP contribution in [0.5, 0.6) is 0 Å². The molecule has 1 fully saturated rings. The first-order chi connectivity index (χ1) is 15.0. The van der Waals surface area contributed by atoms with Crippen molar-refractivity contribution < 1.29 is 13.2 Å². The molecule has 0 heterocycles. The molecular formula is C27H35ClO3S. The first-order valence-corrected chi connectivity index (χ1v) is 13.7. The minimum Gasteiger partial charge on any atom is -0.294 e. The van der Waals surface area contributed by atoms with Crippen LogP contribution in [0.15, 0.2) is 48.5 Å². The van der Waals surface area contributed by atoms with Gasteiger partial charge in [-0.3, -0.25) is 4.79 Å². The summed E-state index contributed by atoms with van der Waals surface area (Å²) in [7, 11) is -3.16. The molecule has 1 unspecified atom stereocenters. The maximum Gasteiger partial charge on any atom is 0.163 e. The summed E-state index contributed by atoms with van der Waals surface area (Å²) >= 11 is 6.13. The van der Waals surface area contributed by atoms with Crippen LogP contribution in [0, 0.1) is 11.8 Å². The summed E-state index contributed by atoms with van der Waals surface area (Å²) in [5.41, 5.74) is 2.72.